The third-order valence-corrected chi connectivity index (χ3v) is 7.71. The number of nitrogens with one attached hydrogen (secondary N) is 2. The number of nitrogens with zero attached hydrogens (tertiary/aromatic N) is 2. The molecule has 7 nitrogen and oxygen atoms in total. The highest BCUT2D eigenvalue weighted by Crippen LogP contribution is 2.28. The first-order valence-electron chi connectivity index (χ1n) is 13.3. The summed E-state index contributed by atoms with van der Waals surface area (Å²) in [5, 5.41) is 9.69. The summed E-state index contributed by atoms with van der Waals surface area (Å²) in [7, 11) is 0. The van der Waals surface area contributed by atoms with Crippen molar-refractivity contribution in [3.05, 3.63) is 98.1 Å². The molecule has 11 heteroatoms. The van der Waals surface area contributed by atoms with Gasteiger partial charge in [0.2, 0.25) is 0 Å². The number of ether oxygens (including phenoxy) is 1. The molecule has 0 aliphatic heterocycles. The standard InChI is InChI=1S/C31H30Cl4N4O3/c1-18(2)12-27(37-30(40)19(3)42-29-11-9-22(32)14-26(29)35)31(41)38-36-15-21-17-39(28-7-5-4-6-23(21)28)16-20-8-10-24(33)25(34)13-20/h4-11,13-15,17-19,27H,12,16H2,1-3H3,(H,37,40)(H,38,41)/b36-15-/t19-,27-/m1/s1. The molecule has 0 unspecified atom stereocenters. The summed E-state index contributed by atoms with van der Waals surface area (Å²) in [5.74, 6) is -0.455. The third kappa shape index (κ3) is 8.19. The van der Waals surface area contributed by atoms with E-state index in [1.807, 2.05) is 56.4 Å². The molecule has 4 rings (SSSR count). The maximum absolute atomic E-state index is 13.1. The van der Waals surface area contributed by atoms with Crippen LogP contribution in [0, 0.1) is 5.92 Å². The van der Waals surface area contributed by atoms with Gasteiger partial charge in [0.25, 0.3) is 11.8 Å². The minimum atomic E-state index is -0.906. The molecule has 3 aromatic carbocycles. The summed E-state index contributed by atoms with van der Waals surface area (Å²) in [6.07, 6.45) is 3.05. The summed E-state index contributed by atoms with van der Waals surface area (Å²) in [4.78, 5) is 26.0. The molecule has 2 amide bonds. The van der Waals surface area contributed by atoms with Gasteiger partial charge >= 0.3 is 0 Å². The fraction of sp³-hybridized carbons (Fsp3) is 0.258. The van der Waals surface area contributed by atoms with Gasteiger partial charge in [-0.3, -0.25) is 9.59 Å². The van der Waals surface area contributed by atoms with Crippen molar-refractivity contribution in [3.8, 4) is 5.75 Å². The van der Waals surface area contributed by atoms with Gasteiger partial charge in [0, 0.05) is 34.2 Å². The van der Waals surface area contributed by atoms with Crippen LogP contribution in [-0.4, -0.2) is 34.7 Å². The van der Waals surface area contributed by atoms with Gasteiger partial charge in [0.05, 0.1) is 21.3 Å². The summed E-state index contributed by atoms with van der Waals surface area (Å²) in [6, 6.07) is 17.3. The average molecular weight is 648 g/mol. The highest BCUT2D eigenvalue weighted by molar-refractivity contribution is 6.42. The van der Waals surface area contributed by atoms with Crippen LogP contribution in [0.15, 0.2) is 72.0 Å². The Bertz CT molecular complexity index is 1620. The quantitative estimate of drug-likeness (QED) is 0.129. The van der Waals surface area contributed by atoms with Gasteiger partial charge in [0.1, 0.15) is 11.8 Å². The van der Waals surface area contributed by atoms with Gasteiger partial charge < -0.3 is 14.6 Å². The van der Waals surface area contributed by atoms with Crippen LogP contribution in [0.5, 0.6) is 5.75 Å². The molecule has 220 valence electrons. The zero-order chi connectivity index (χ0) is 30.4. The van der Waals surface area contributed by atoms with E-state index in [9.17, 15) is 9.59 Å². The van der Waals surface area contributed by atoms with E-state index in [2.05, 4.69) is 20.4 Å². The molecule has 0 radical (unpaired) electrons. The Labute approximate surface area is 264 Å². The Morgan fingerprint density at radius 1 is 0.929 bits per heavy atom. The Morgan fingerprint density at radius 3 is 2.40 bits per heavy atom. The summed E-state index contributed by atoms with van der Waals surface area (Å²) < 4.78 is 7.78. The van der Waals surface area contributed by atoms with Crippen LogP contribution in [0.25, 0.3) is 10.9 Å². The van der Waals surface area contributed by atoms with Gasteiger partial charge in [-0.25, -0.2) is 5.43 Å². The van der Waals surface area contributed by atoms with Gasteiger partial charge in [-0.15, -0.1) is 0 Å². The summed E-state index contributed by atoms with van der Waals surface area (Å²) in [6.45, 7) is 6.08. The molecule has 0 aliphatic carbocycles. The van der Waals surface area contributed by atoms with Gasteiger partial charge in [-0.1, -0.05) is 84.5 Å². The number of aromatic nitrogens is 1. The largest absolute Gasteiger partial charge is 0.479 e. The Hall–Kier alpha value is -3.23. The van der Waals surface area contributed by atoms with E-state index in [1.165, 1.54) is 6.07 Å². The predicted octanol–water partition coefficient (Wildman–Crippen LogP) is 7.75. The third-order valence-electron chi connectivity index (χ3n) is 6.44. The zero-order valence-corrected chi connectivity index (χ0v) is 26.2. The van der Waals surface area contributed by atoms with Crippen molar-refractivity contribution >= 4 is 75.3 Å². The normalized spacial score (nSPS) is 13.0. The molecule has 0 fully saturated rings. The number of rotatable bonds is 11. The summed E-state index contributed by atoms with van der Waals surface area (Å²) >= 11 is 24.4. The minimum Gasteiger partial charge on any atom is -0.479 e. The van der Waals surface area contributed by atoms with E-state index in [-0.39, 0.29) is 10.9 Å². The first kappa shape index (κ1) is 31.7. The lowest BCUT2D eigenvalue weighted by Crippen LogP contribution is -2.49. The Balaban J connectivity index is 1.45. The van der Waals surface area contributed by atoms with E-state index >= 15 is 0 Å². The van der Waals surface area contributed by atoms with Crippen molar-refractivity contribution in [2.24, 2.45) is 11.0 Å². The van der Waals surface area contributed by atoms with Crippen LogP contribution in [0.2, 0.25) is 20.1 Å². The van der Waals surface area contributed by atoms with Crippen molar-refractivity contribution in [1.82, 2.24) is 15.3 Å². The number of hydrogen-bond acceptors (Lipinski definition) is 4. The second-order valence-electron chi connectivity index (χ2n) is 10.2. The van der Waals surface area contributed by atoms with Crippen LogP contribution >= 0.6 is 46.4 Å². The number of para-hydroxylation sites is 1. The maximum atomic E-state index is 13.1. The molecule has 1 heterocycles. The van der Waals surface area contributed by atoms with Crippen molar-refractivity contribution in [1.29, 1.82) is 0 Å². The van der Waals surface area contributed by atoms with E-state index in [4.69, 9.17) is 51.1 Å². The summed E-state index contributed by atoms with van der Waals surface area (Å²) in [5.41, 5.74) is 5.39. The first-order chi connectivity index (χ1) is 20.0. The lowest BCUT2D eigenvalue weighted by Gasteiger charge is -2.22. The molecule has 0 aliphatic rings. The van der Waals surface area contributed by atoms with E-state index < -0.39 is 24.0 Å². The molecular weight excluding hydrogens is 618 g/mol. The van der Waals surface area contributed by atoms with Crippen molar-refractivity contribution in [3.63, 3.8) is 0 Å². The van der Waals surface area contributed by atoms with Gasteiger partial charge in [-0.2, -0.15) is 5.10 Å². The fourth-order valence-electron chi connectivity index (χ4n) is 4.39. The molecule has 0 spiro atoms. The molecule has 0 saturated carbocycles. The molecular formula is C31H30Cl4N4O3. The average Bonchev–Trinajstić information content (AvgIpc) is 3.28. The zero-order valence-electron chi connectivity index (χ0n) is 23.2. The van der Waals surface area contributed by atoms with Crippen molar-refractivity contribution < 1.29 is 14.3 Å². The minimum absolute atomic E-state index is 0.131. The lowest BCUT2D eigenvalue weighted by molar-refractivity contribution is -0.132. The molecule has 0 saturated heterocycles. The number of halogens is 4. The first-order valence-corrected chi connectivity index (χ1v) is 14.8. The highest BCUT2D eigenvalue weighted by Gasteiger charge is 2.25. The number of amides is 2. The Kier molecular flexibility index (Phi) is 10.8. The second-order valence-corrected chi connectivity index (χ2v) is 11.9. The van der Waals surface area contributed by atoms with Crippen LogP contribution in [-0.2, 0) is 16.1 Å². The lowest BCUT2D eigenvalue weighted by atomic mass is 10.0. The topological polar surface area (TPSA) is 84.7 Å². The number of hydrogen-bond donors (Lipinski definition) is 2. The van der Waals surface area contributed by atoms with Crippen molar-refractivity contribution in [2.75, 3.05) is 0 Å². The van der Waals surface area contributed by atoms with Gasteiger partial charge in [0.15, 0.2) is 6.10 Å². The number of carbonyl (C=O) groups is 2. The van der Waals surface area contributed by atoms with Crippen LogP contribution < -0.4 is 15.5 Å². The molecule has 2 N–H and O–H groups in total. The van der Waals surface area contributed by atoms with Gasteiger partial charge in [-0.05, 0) is 61.2 Å². The predicted molar refractivity (Wildman–Crippen MR) is 171 cm³/mol. The molecule has 1 aromatic heterocycles. The van der Waals surface area contributed by atoms with Crippen LogP contribution in [0.1, 0.15) is 38.3 Å². The van der Waals surface area contributed by atoms with E-state index in [1.54, 1.807) is 31.3 Å². The molecule has 4 aromatic rings. The van der Waals surface area contributed by atoms with E-state index in [0.717, 1.165) is 22.0 Å². The maximum Gasteiger partial charge on any atom is 0.262 e. The number of carbonyl (C=O) groups excluding carboxylic acids is 2. The molecule has 42 heavy (non-hydrogen) atoms. The number of hydrazone groups is 1. The molecule has 2 atom stereocenters. The smallest absolute Gasteiger partial charge is 0.262 e. The second kappa shape index (κ2) is 14.3. The van der Waals surface area contributed by atoms with Crippen LogP contribution in [0.3, 0.4) is 0 Å². The monoisotopic (exact) mass is 646 g/mol. The SMILES string of the molecule is CC(C)C[C@@H](NC(=O)[C@@H](C)Oc1ccc(Cl)cc1Cl)C(=O)N/N=C\c1cn(Cc2ccc(Cl)c(Cl)c2)c2ccccc12. The number of fused-ring (bicyclic) bond motifs is 1. The van der Waals surface area contributed by atoms with Crippen LogP contribution in [0.4, 0.5) is 0 Å². The van der Waals surface area contributed by atoms with E-state index in [0.29, 0.717) is 33.8 Å². The van der Waals surface area contributed by atoms with Crippen molar-refractivity contribution in [2.45, 2.75) is 45.9 Å². The highest BCUT2D eigenvalue weighted by atomic mass is 35.5. The number of benzene rings is 3. The fourth-order valence-corrected chi connectivity index (χ4v) is 5.17. The Morgan fingerprint density at radius 2 is 1.69 bits per heavy atom. The molecule has 0 bridgehead atoms.